The van der Waals surface area contributed by atoms with E-state index in [1.807, 2.05) is 48.0 Å². The minimum atomic E-state index is -0.801. The molecule has 18 heavy (non-hydrogen) atoms. The van der Waals surface area contributed by atoms with E-state index in [1.165, 1.54) is 0 Å². The van der Waals surface area contributed by atoms with Gasteiger partial charge in [-0.1, -0.05) is 30.3 Å². The number of aryl methyl sites for hydroxylation is 1. The highest BCUT2D eigenvalue weighted by molar-refractivity contribution is 5.76. The lowest BCUT2D eigenvalue weighted by Crippen LogP contribution is -2.16. The Morgan fingerprint density at radius 2 is 2.06 bits per heavy atom. The second-order valence-electron chi connectivity index (χ2n) is 4.14. The molecule has 0 aliphatic rings. The van der Waals surface area contributed by atoms with Crippen molar-refractivity contribution >= 4 is 5.97 Å². The first-order valence-corrected chi connectivity index (χ1v) is 6.00. The first kappa shape index (κ1) is 12.4. The Bertz CT molecular complexity index is 520. The minimum Gasteiger partial charge on any atom is -0.481 e. The Morgan fingerprint density at radius 3 is 2.67 bits per heavy atom. The third kappa shape index (κ3) is 2.59. The lowest BCUT2D eigenvalue weighted by molar-refractivity contribution is -0.138. The van der Waals surface area contributed by atoms with Crippen LogP contribution in [0.1, 0.15) is 24.1 Å². The Balaban J connectivity index is 2.25. The summed E-state index contributed by atoms with van der Waals surface area (Å²) in [5.41, 5.74) is 1.78. The fraction of sp³-hybridized carbons (Fsp3) is 0.286. The molecule has 1 aromatic carbocycles. The normalized spacial score (nSPS) is 12.3. The van der Waals surface area contributed by atoms with Crippen LogP contribution in [0.3, 0.4) is 0 Å². The number of carboxylic acids is 1. The SMILES string of the molecule is CCn1nccc1CC(C(=O)O)c1ccccc1. The van der Waals surface area contributed by atoms with Crippen LogP contribution in [0.5, 0.6) is 0 Å². The van der Waals surface area contributed by atoms with Gasteiger partial charge in [-0.2, -0.15) is 5.10 Å². The van der Waals surface area contributed by atoms with Crippen molar-refractivity contribution in [3.63, 3.8) is 0 Å². The third-order valence-corrected chi connectivity index (χ3v) is 3.02. The van der Waals surface area contributed by atoms with Crippen LogP contribution in [0.15, 0.2) is 42.6 Å². The molecule has 1 atom stereocenters. The molecule has 1 unspecified atom stereocenters. The predicted octanol–water partition coefficient (Wildman–Crippen LogP) is 2.31. The van der Waals surface area contributed by atoms with Gasteiger partial charge in [0.1, 0.15) is 0 Å². The summed E-state index contributed by atoms with van der Waals surface area (Å²) in [6.07, 6.45) is 2.18. The van der Waals surface area contributed by atoms with Crippen LogP contribution in [0.2, 0.25) is 0 Å². The molecule has 0 bridgehead atoms. The molecule has 0 spiro atoms. The van der Waals surface area contributed by atoms with Crippen LogP contribution in [0, 0.1) is 0 Å². The lowest BCUT2D eigenvalue weighted by atomic mass is 9.94. The van der Waals surface area contributed by atoms with Gasteiger partial charge < -0.3 is 5.11 Å². The van der Waals surface area contributed by atoms with E-state index >= 15 is 0 Å². The van der Waals surface area contributed by atoms with Crippen molar-refractivity contribution in [2.75, 3.05) is 0 Å². The van der Waals surface area contributed by atoms with E-state index in [2.05, 4.69) is 5.10 Å². The molecule has 4 heteroatoms. The molecule has 0 aliphatic carbocycles. The van der Waals surface area contributed by atoms with Crippen molar-refractivity contribution in [2.24, 2.45) is 0 Å². The summed E-state index contributed by atoms with van der Waals surface area (Å²) in [6.45, 7) is 2.75. The second-order valence-corrected chi connectivity index (χ2v) is 4.14. The van der Waals surface area contributed by atoms with Gasteiger partial charge in [0.25, 0.3) is 0 Å². The van der Waals surface area contributed by atoms with Crippen molar-refractivity contribution in [3.05, 3.63) is 53.9 Å². The van der Waals surface area contributed by atoms with E-state index in [1.54, 1.807) is 6.20 Å². The largest absolute Gasteiger partial charge is 0.481 e. The van der Waals surface area contributed by atoms with E-state index < -0.39 is 11.9 Å². The van der Waals surface area contributed by atoms with Gasteiger partial charge in [-0.3, -0.25) is 9.48 Å². The minimum absolute atomic E-state index is 0.465. The van der Waals surface area contributed by atoms with E-state index in [-0.39, 0.29) is 0 Å². The van der Waals surface area contributed by atoms with Crippen LogP contribution >= 0.6 is 0 Å². The van der Waals surface area contributed by atoms with Crippen LogP contribution in [-0.2, 0) is 17.8 Å². The molecule has 1 N–H and O–H groups in total. The second kappa shape index (κ2) is 5.49. The number of carboxylic acid groups (broad SMARTS) is 1. The van der Waals surface area contributed by atoms with Gasteiger partial charge in [-0.25, -0.2) is 0 Å². The molecule has 1 aromatic heterocycles. The predicted molar refractivity (Wildman–Crippen MR) is 68.4 cm³/mol. The monoisotopic (exact) mass is 244 g/mol. The van der Waals surface area contributed by atoms with Crippen molar-refractivity contribution in [1.82, 2.24) is 9.78 Å². The number of hydrogen-bond acceptors (Lipinski definition) is 2. The van der Waals surface area contributed by atoms with E-state index in [9.17, 15) is 9.90 Å². The molecule has 0 saturated heterocycles. The van der Waals surface area contributed by atoms with Crippen LogP contribution in [-0.4, -0.2) is 20.9 Å². The standard InChI is InChI=1S/C14H16N2O2/c1-2-16-12(8-9-15-16)10-13(14(17)18)11-6-4-3-5-7-11/h3-9,13H,2,10H2,1H3,(H,17,18). The average Bonchev–Trinajstić information content (AvgIpc) is 2.83. The van der Waals surface area contributed by atoms with Gasteiger partial charge in [0.05, 0.1) is 5.92 Å². The highest BCUT2D eigenvalue weighted by Crippen LogP contribution is 2.21. The Kier molecular flexibility index (Phi) is 3.77. The van der Waals surface area contributed by atoms with Crippen LogP contribution < -0.4 is 0 Å². The Morgan fingerprint density at radius 1 is 1.33 bits per heavy atom. The molecule has 94 valence electrons. The number of rotatable bonds is 5. The van der Waals surface area contributed by atoms with Crippen molar-refractivity contribution in [3.8, 4) is 0 Å². The van der Waals surface area contributed by atoms with E-state index in [0.717, 1.165) is 17.8 Å². The maximum Gasteiger partial charge on any atom is 0.311 e. The maximum absolute atomic E-state index is 11.4. The number of aromatic nitrogens is 2. The molecular formula is C14H16N2O2. The molecule has 0 amide bonds. The fourth-order valence-corrected chi connectivity index (χ4v) is 2.06. The molecule has 0 fully saturated rings. The summed E-state index contributed by atoms with van der Waals surface area (Å²) in [6, 6.07) is 11.2. The van der Waals surface area contributed by atoms with Gasteiger partial charge in [0, 0.05) is 24.9 Å². The zero-order valence-electron chi connectivity index (χ0n) is 10.3. The van der Waals surface area contributed by atoms with Gasteiger partial charge in [0.2, 0.25) is 0 Å². The molecule has 1 heterocycles. The molecular weight excluding hydrogens is 228 g/mol. The number of carbonyl (C=O) groups is 1. The Hall–Kier alpha value is -2.10. The molecule has 4 nitrogen and oxygen atoms in total. The topological polar surface area (TPSA) is 55.1 Å². The maximum atomic E-state index is 11.4. The summed E-state index contributed by atoms with van der Waals surface area (Å²) in [4.78, 5) is 11.4. The molecule has 0 aliphatic heterocycles. The zero-order valence-corrected chi connectivity index (χ0v) is 10.3. The summed E-state index contributed by atoms with van der Waals surface area (Å²) in [5, 5.41) is 13.5. The summed E-state index contributed by atoms with van der Waals surface area (Å²) < 4.78 is 1.83. The third-order valence-electron chi connectivity index (χ3n) is 3.02. The number of hydrogen-bond donors (Lipinski definition) is 1. The zero-order chi connectivity index (χ0) is 13.0. The number of nitrogens with zero attached hydrogens (tertiary/aromatic N) is 2. The quantitative estimate of drug-likeness (QED) is 0.878. The molecule has 0 radical (unpaired) electrons. The first-order valence-electron chi connectivity index (χ1n) is 6.00. The highest BCUT2D eigenvalue weighted by Gasteiger charge is 2.21. The summed E-state index contributed by atoms with van der Waals surface area (Å²) in [5.74, 6) is -1.32. The van der Waals surface area contributed by atoms with Crippen LogP contribution in [0.25, 0.3) is 0 Å². The number of aliphatic carboxylic acids is 1. The van der Waals surface area contributed by atoms with Crippen molar-refractivity contribution in [1.29, 1.82) is 0 Å². The highest BCUT2D eigenvalue weighted by atomic mass is 16.4. The van der Waals surface area contributed by atoms with Crippen molar-refractivity contribution < 1.29 is 9.90 Å². The van der Waals surface area contributed by atoms with Crippen LogP contribution in [0.4, 0.5) is 0 Å². The van der Waals surface area contributed by atoms with E-state index in [4.69, 9.17) is 0 Å². The molecule has 2 aromatic rings. The summed E-state index contributed by atoms with van der Waals surface area (Å²) in [7, 11) is 0. The summed E-state index contributed by atoms with van der Waals surface area (Å²) >= 11 is 0. The van der Waals surface area contributed by atoms with Gasteiger partial charge in [-0.15, -0.1) is 0 Å². The average molecular weight is 244 g/mol. The smallest absolute Gasteiger partial charge is 0.311 e. The van der Waals surface area contributed by atoms with E-state index in [0.29, 0.717) is 6.42 Å². The van der Waals surface area contributed by atoms with Gasteiger partial charge in [-0.05, 0) is 18.6 Å². The molecule has 0 saturated carbocycles. The van der Waals surface area contributed by atoms with Crippen molar-refractivity contribution in [2.45, 2.75) is 25.8 Å². The first-order chi connectivity index (χ1) is 8.72. The Labute approximate surface area is 106 Å². The fourth-order valence-electron chi connectivity index (χ4n) is 2.06. The van der Waals surface area contributed by atoms with Gasteiger partial charge in [0.15, 0.2) is 0 Å². The number of benzene rings is 1. The molecule has 2 rings (SSSR count). The van der Waals surface area contributed by atoms with Gasteiger partial charge >= 0.3 is 5.97 Å². The lowest BCUT2D eigenvalue weighted by Gasteiger charge is -2.13.